The third kappa shape index (κ3) is 5.15. The maximum absolute atomic E-state index is 13.9. The van der Waals surface area contributed by atoms with Gasteiger partial charge in [-0.1, -0.05) is 48.5 Å². The van der Waals surface area contributed by atoms with E-state index >= 15 is 0 Å². The molecule has 3 aromatic rings. The van der Waals surface area contributed by atoms with E-state index in [9.17, 15) is 13.2 Å². The maximum Gasteiger partial charge on any atom is 0.243 e. The minimum absolute atomic E-state index is 0.0304. The first-order valence-electron chi connectivity index (χ1n) is 13.1. The maximum atomic E-state index is 13.9. The standard InChI is InChI=1S/C30H35N3O4S/c1-22-12-13-23(2)29(18-22)31-14-16-32(17-15-31)30(34)28-21-33(20-27(28)24-8-5-4-6-9-24)38(35,36)26-11-7-10-25(19-26)37-3/h4-13,18-19,27-28H,14-17,20-21H2,1-3H3/t27-,28+/m0/s1. The lowest BCUT2D eigenvalue weighted by Gasteiger charge is -2.38. The van der Waals surface area contributed by atoms with Gasteiger partial charge in [-0.25, -0.2) is 8.42 Å². The Morgan fingerprint density at radius 3 is 2.32 bits per heavy atom. The Hall–Kier alpha value is -3.36. The summed E-state index contributed by atoms with van der Waals surface area (Å²) in [5.74, 6) is -0.131. The number of amides is 1. The monoisotopic (exact) mass is 533 g/mol. The average Bonchev–Trinajstić information content (AvgIpc) is 3.41. The van der Waals surface area contributed by atoms with Gasteiger partial charge < -0.3 is 14.5 Å². The van der Waals surface area contributed by atoms with Crippen molar-refractivity contribution in [3.05, 3.63) is 89.5 Å². The molecular weight excluding hydrogens is 498 g/mol. The van der Waals surface area contributed by atoms with Gasteiger partial charge in [0, 0.05) is 56.9 Å². The SMILES string of the molecule is COc1cccc(S(=O)(=O)N2C[C@@H](C(=O)N3CCN(c4cc(C)ccc4C)CC3)[C@H](c3ccccc3)C2)c1. The number of anilines is 1. The van der Waals surface area contributed by atoms with Gasteiger partial charge >= 0.3 is 0 Å². The molecule has 7 nitrogen and oxygen atoms in total. The van der Waals surface area contributed by atoms with Gasteiger partial charge in [0.25, 0.3) is 0 Å². The van der Waals surface area contributed by atoms with E-state index in [1.54, 1.807) is 18.2 Å². The van der Waals surface area contributed by atoms with Crippen molar-refractivity contribution in [3.8, 4) is 5.75 Å². The summed E-state index contributed by atoms with van der Waals surface area (Å²) in [6.07, 6.45) is 0. The molecule has 38 heavy (non-hydrogen) atoms. The van der Waals surface area contributed by atoms with Gasteiger partial charge in [-0.05, 0) is 48.7 Å². The molecule has 8 heteroatoms. The summed E-state index contributed by atoms with van der Waals surface area (Å²) in [6, 6.07) is 22.8. The lowest BCUT2D eigenvalue weighted by molar-refractivity contribution is -0.135. The van der Waals surface area contributed by atoms with Crippen LogP contribution >= 0.6 is 0 Å². The molecule has 2 aliphatic heterocycles. The fourth-order valence-electron chi connectivity index (χ4n) is 5.63. The van der Waals surface area contributed by atoms with Crippen LogP contribution in [-0.2, 0) is 14.8 Å². The lowest BCUT2D eigenvalue weighted by atomic mass is 9.88. The molecule has 2 fully saturated rings. The Balaban J connectivity index is 1.36. The van der Waals surface area contributed by atoms with Crippen molar-refractivity contribution in [2.75, 3.05) is 51.3 Å². The van der Waals surface area contributed by atoms with E-state index in [0.29, 0.717) is 18.8 Å². The first kappa shape index (κ1) is 26.3. The quantitative estimate of drug-likeness (QED) is 0.478. The minimum Gasteiger partial charge on any atom is -0.497 e. The van der Waals surface area contributed by atoms with E-state index < -0.39 is 15.9 Å². The number of ether oxygens (including phenoxy) is 1. The predicted molar refractivity (Wildman–Crippen MR) is 149 cm³/mol. The van der Waals surface area contributed by atoms with E-state index in [1.807, 2.05) is 35.2 Å². The number of hydrogen-bond acceptors (Lipinski definition) is 5. The molecule has 1 amide bonds. The van der Waals surface area contributed by atoms with E-state index in [0.717, 1.165) is 18.7 Å². The van der Waals surface area contributed by atoms with Gasteiger partial charge in [0.2, 0.25) is 15.9 Å². The van der Waals surface area contributed by atoms with Crippen molar-refractivity contribution in [2.24, 2.45) is 5.92 Å². The Bertz CT molecular complexity index is 1400. The number of benzene rings is 3. The van der Waals surface area contributed by atoms with Crippen LogP contribution in [0.25, 0.3) is 0 Å². The molecule has 0 spiro atoms. The fraction of sp³-hybridized carbons (Fsp3) is 0.367. The highest BCUT2D eigenvalue weighted by Crippen LogP contribution is 2.37. The number of sulfonamides is 1. The number of piperazine rings is 1. The Labute approximate surface area is 225 Å². The zero-order chi connectivity index (χ0) is 26.9. The van der Waals surface area contributed by atoms with Crippen LogP contribution in [0, 0.1) is 19.8 Å². The molecule has 0 aromatic heterocycles. The molecule has 200 valence electrons. The summed E-state index contributed by atoms with van der Waals surface area (Å²) in [6.45, 7) is 7.39. The Morgan fingerprint density at radius 1 is 0.868 bits per heavy atom. The molecule has 2 atom stereocenters. The lowest BCUT2D eigenvalue weighted by Crippen LogP contribution is -2.51. The van der Waals surface area contributed by atoms with Crippen LogP contribution in [0.1, 0.15) is 22.6 Å². The molecule has 0 radical (unpaired) electrons. The van der Waals surface area contributed by atoms with Crippen LogP contribution < -0.4 is 9.64 Å². The molecule has 2 aliphatic rings. The van der Waals surface area contributed by atoms with Crippen molar-refractivity contribution < 1.29 is 17.9 Å². The Morgan fingerprint density at radius 2 is 1.61 bits per heavy atom. The summed E-state index contributed by atoms with van der Waals surface area (Å²) in [5.41, 5.74) is 4.66. The smallest absolute Gasteiger partial charge is 0.243 e. The first-order chi connectivity index (χ1) is 18.3. The molecular formula is C30H35N3O4S. The third-order valence-electron chi connectivity index (χ3n) is 7.81. The molecule has 0 bridgehead atoms. The molecule has 0 saturated carbocycles. The molecule has 0 unspecified atom stereocenters. The highest BCUT2D eigenvalue weighted by molar-refractivity contribution is 7.89. The number of hydrogen-bond donors (Lipinski definition) is 0. The number of carbonyl (C=O) groups excluding carboxylic acids is 1. The number of methoxy groups -OCH3 is 1. The zero-order valence-corrected chi connectivity index (χ0v) is 23.0. The van der Waals surface area contributed by atoms with Crippen LogP contribution in [-0.4, -0.2) is 69.9 Å². The zero-order valence-electron chi connectivity index (χ0n) is 22.2. The third-order valence-corrected chi connectivity index (χ3v) is 9.63. The average molecular weight is 534 g/mol. The van der Waals surface area contributed by atoms with E-state index in [4.69, 9.17) is 4.74 Å². The molecule has 3 aromatic carbocycles. The number of aryl methyl sites for hydroxylation is 2. The molecule has 2 saturated heterocycles. The second kappa shape index (κ2) is 10.8. The topological polar surface area (TPSA) is 70.2 Å². The van der Waals surface area contributed by atoms with Gasteiger partial charge in [-0.3, -0.25) is 4.79 Å². The first-order valence-corrected chi connectivity index (χ1v) is 14.5. The summed E-state index contributed by atoms with van der Waals surface area (Å²) in [5, 5.41) is 0. The van der Waals surface area contributed by atoms with Gasteiger partial charge in [-0.15, -0.1) is 0 Å². The van der Waals surface area contributed by atoms with Crippen LogP contribution in [0.15, 0.2) is 77.7 Å². The number of carbonyl (C=O) groups is 1. The molecule has 2 heterocycles. The fourth-order valence-corrected chi connectivity index (χ4v) is 7.15. The van der Waals surface area contributed by atoms with Gasteiger partial charge in [0.15, 0.2) is 0 Å². The number of nitrogens with zero attached hydrogens (tertiary/aromatic N) is 3. The second-order valence-electron chi connectivity index (χ2n) is 10.2. The summed E-state index contributed by atoms with van der Waals surface area (Å²) >= 11 is 0. The van der Waals surface area contributed by atoms with Crippen LogP contribution in [0.5, 0.6) is 5.75 Å². The molecule has 0 N–H and O–H groups in total. The van der Waals surface area contributed by atoms with Crippen molar-refractivity contribution in [3.63, 3.8) is 0 Å². The highest BCUT2D eigenvalue weighted by atomic mass is 32.2. The number of rotatable bonds is 6. The van der Waals surface area contributed by atoms with E-state index in [-0.39, 0.29) is 29.8 Å². The van der Waals surface area contributed by atoms with Crippen molar-refractivity contribution in [1.82, 2.24) is 9.21 Å². The van der Waals surface area contributed by atoms with Crippen molar-refractivity contribution in [2.45, 2.75) is 24.7 Å². The Kier molecular flexibility index (Phi) is 7.45. The van der Waals surface area contributed by atoms with Crippen LogP contribution in [0.4, 0.5) is 5.69 Å². The largest absolute Gasteiger partial charge is 0.497 e. The van der Waals surface area contributed by atoms with Gasteiger partial charge in [0.1, 0.15) is 5.75 Å². The van der Waals surface area contributed by atoms with Gasteiger partial charge in [-0.2, -0.15) is 4.31 Å². The second-order valence-corrected chi connectivity index (χ2v) is 12.2. The highest BCUT2D eigenvalue weighted by Gasteiger charge is 2.45. The summed E-state index contributed by atoms with van der Waals surface area (Å²) in [4.78, 5) is 18.4. The van der Waals surface area contributed by atoms with E-state index in [1.165, 1.54) is 34.3 Å². The predicted octanol–water partition coefficient (Wildman–Crippen LogP) is 4.07. The molecule has 5 rings (SSSR count). The van der Waals surface area contributed by atoms with Crippen molar-refractivity contribution in [1.29, 1.82) is 0 Å². The normalized spacial score (nSPS) is 20.5. The van der Waals surface area contributed by atoms with Crippen LogP contribution in [0.3, 0.4) is 0 Å². The summed E-state index contributed by atoms with van der Waals surface area (Å²) < 4.78 is 34.0. The van der Waals surface area contributed by atoms with Gasteiger partial charge in [0.05, 0.1) is 17.9 Å². The molecule has 0 aliphatic carbocycles. The minimum atomic E-state index is -3.79. The summed E-state index contributed by atoms with van der Waals surface area (Å²) in [7, 11) is -2.27. The van der Waals surface area contributed by atoms with E-state index in [2.05, 4.69) is 36.9 Å². The van der Waals surface area contributed by atoms with Crippen LogP contribution in [0.2, 0.25) is 0 Å². The van der Waals surface area contributed by atoms with Crippen molar-refractivity contribution >= 4 is 21.6 Å².